The Labute approximate surface area is 130 Å². The summed E-state index contributed by atoms with van der Waals surface area (Å²) in [6.07, 6.45) is 3.77. The summed E-state index contributed by atoms with van der Waals surface area (Å²) in [6.45, 7) is 9.11. The highest BCUT2D eigenvalue weighted by Crippen LogP contribution is 2.42. The number of benzene rings is 1. The van der Waals surface area contributed by atoms with Gasteiger partial charge in [0, 0.05) is 41.8 Å². The third-order valence-electron chi connectivity index (χ3n) is 5.36. The zero-order valence-electron chi connectivity index (χ0n) is 13.0. The maximum atomic E-state index is 11.3. The van der Waals surface area contributed by atoms with E-state index in [1.54, 1.807) is 0 Å². The van der Waals surface area contributed by atoms with E-state index in [0.29, 0.717) is 0 Å². The maximum Gasteiger partial charge on any atom is 0.114 e. The molecule has 5 rings (SSSR count). The molecule has 1 unspecified atom stereocenters. The third kappa shape index (κ3) is 1.82. The van der Waals surface area contributed by atoms with Crippen molar-refractivity contribution in [2.24, 2.45) is 0 Å². The molecule has 4 heterocycles. The molecule has 1 saturated heterocycles. The predicted octanol–water partition coefficient (Wildman–Crippen LogP) is 3.12. The van der Waals surface area contributed by atoms with Gasteiger partial charge in [-0.3, -0.25) is 4.90 Å². The van der Waals surface area contributed by atoms with Crippen molar-refractivity contribution in [3.63, 3.8) is 0 Å². The van der Waals surface area contributed by atoms with Gasteiger partial charge in [0.05, 0.1) is 0 Å². The SMILES string of the molecule is C=C1c2[nH]c3ccccc3c2CCN2CC[C@]1(O)/C(=C\C)C2. The van der Waals surface area contributed by atoms with Crippen LogP contribution in [0.1, 0.15) is 24.6 Å². The van der Waals surface area contributed by atoms with Gasteiger partial charge in [0.1, 0.15) is 5.60 Å². The molecule has 3 aliphatic heterocycles. The highest BCUT2D eigenvalue weighted by molar-refractivity contribution is 5.91. The number of aromatic amines is 1. The van der Waals surface area contributed by atoms with Crippen molar-refractivity contribution >= 4 is 16.5 Å². The van der Waals surface area contributed by atoms with Crippen LogP contribution in [0.4, 0.5) is 0 Å². The fraction of sp³-hybridized carbons (Fsp3) is 0.368. The summed E-state index contributed by atoms with van der Waals surface area (Å²) < 4.78 is 0. The van der Waals surface area contributed by atoms with E-state index in [2.05, 4.69) is 40.7 Å². The van der Waals surface area contributed by atoms with Gasteiger partial charge in [-0.1, -0.05) is 30.9 Å². The normalized spacial score (nSPS) is 30.2. The van der Waals surface area contributed by atoms with Crippen LogP contribution in [0, 0.1) is 0 Å². The topological polar surface area (TPSA) is 39.3 Å². The van der Waals surface area contributed by atoms with E-state index in [1.807, 2.05) is 13.0 Å². The number of piperidine rings is 1. The fourth-order valence-corrected chi connectivity index (χ4v) is 3.99. The van der Waals surface area contributed by atoms with Gasteiger partial charge in [-0.25, -0.2) is 0 Å². The number of hydrogen-bond donors (Lipinski definition) is 2. The van der Waals surface area contributed by atoms with Crippen molar-refractivity contribution in [2.75, 3.05) is 19.6 Å². The lowest BCUT2D eigenvalue weighted by Crippen LogP contribution is -2.46. The molecule has 3 aliphatic rings. The minimum absolute atomic E-state index is 0.723. The summed E-state index contributed by atoms with van der Waals surface area (Å²) in [5.74, 6) is 0. The molecule has 0 radical (unpaired) electrons. The first-order valence-electron chi connectivity index (χ1n) is 8.03. The summed E-state index contributed by atoms with van der Waals surface area (Å²) >= 11 is 0. The van der Waals surface area contributed by atoms with Gasteiger partial charge in [0.2, 0.25) is 0 Å². The van der Waals surface area contributed by atoms with Crippen LogP contribution >= 0.6 is 0 Å². The maximum absolute atomic E-state index is 11.3. The second-order valence-electron chi connectivity index (χ2n) is 6.45. The number of fused-ring (bicyclic) bond motifs is 4. The van der Waals surface area contributed by atoms with Gasteiger partial charge in [0.25, 0.3) is 0 Å². The molecular weight excluding hydrogens is 272 g/mol. The molecule has 1 fully saturated rings. The molecule has 0 aliphatic carbocycles. The van der Waals surface area contributed by atoms with Crippen LogP contribution in [0.15, 0.2) is 42.5 Å². The van der Waals surface area contributed by atoms with Crippen molar-refractivity contribution in [1.82, 2.24) is 9.88 Å². The molecule has 1 aromatic heterocycles. The number of allylic oxidation sites excluding steroid dienone is 1. The van der Waals surface area contributed by atoms with Crippen LogP contribution in [0.2, 0.25) is 0 Å². The molecule has 2 bridgehead atoms. The third-order valence-corrected chi connectivity index (χ3v) is 5.36. The summed E-state index contributed by atoms with van der Waals surface area (Å²) in [7, 11) is 0. The van der Waals surface area contributed by atoms with E-state index in [-0.39, 0.29) is 0 Å². The first kappa shape index (κ1) is 13.8. The second-order valence-corrected chi connectivity index (χ2v) is 6.45. The average molecular weight is 294 g/mol. The molecule has 1 aromatic carbocycles. The number of H-pyrrole nitrogens is 1. The molecule has 3 nitrogen and oxygen atoms in total. The van der Waals surface area contributed by atoms with Crippen molar-refractivity contribution in [3.8, 4) is 0 Å². The molecule has 22 heavy (non-hydrogen) atoms. The first-order valence-corrected chi connectivity index (χ1v) is 8.03. The molecule has 2 aromatic rings. The lowest BCUT2D eigenvalue weighted by molar-refractivity contribution is 0.0788. The Kier molecular flexibility index (Phi) is 3.03. The number of para-hydroxylation sites is 1. The monoisotopic (exact) mass is 294 g/mol. The predicted molar refractivity (Wildman–Crippen MR) is 90.8 cm³/mol. The Hall–Kier alpha value is -1.84. The van der Waals surface area contributed by atoms with Gasteiger partial charge in [-0.15, -0.1) is 0 Å². The summed E-state index contributed by atoms with van der Waals surface area (Å²) in [5.41, 5.74) is 4.45. The largest absolute Gasteiger partial charge is 0.381 e. The van der Waals surface area contributed by atoms with Crippen LogP contribution in [0.5, 0.6) is 0 Å². The van der Waals surface area contributed by atoms with Crippen molar-refractivity contribution in [2.45, 2.75) is 25.4 Å². The second kappa shape index (κ2) is 4.83. The Morgan fingerprint density at radius 3 is 2.95 bits per heavy atom. The average Bonchev–Trinajstić information content (AvgIpc) is 2.93. The zero-order valence-corrected chi connectivity index (χ0v) is 13.0. The van der Waals surface area contributed by atoms with E-state index < -0.39 is 5.60 Å². The van der Waals surface area contributed by atoms with E-state index in [1.165, 1.54) is 10.9 Å². The summed E-state index contributed by atoms with van der Waals surface area (Å²) in [4.78, 5) is 5.95. The molecule has 0 spiro atoms. The van der Waals surface area contributed by atoms with Crippen LogP contribution < -0.4 is 0 Å². The van der Waals surface area contributed by atoms with Crippen LogP contribution in [0.25, 0.3) is 16.5 Å². The molecule has 2 N–H and O–H groups in total. The van der Waals surface area contributed by atoms with Crippen molar-refractivity contribution in [3.05, 3.63) is 53.8 Å². The minimum Gasteiger partial charge on any atom is -0.381 e. The summed E-state index contributed by atoms with van der Waals surface area (Å²) in [5, 5.41) is 12.6. The first-order chi connectivity index (χ1) is 10.6. The molecular formula is C19H22N2O. The molecule has 0 amide bonds. The van der Waals surface area contributed by atoms with Gasteiger partial charge in [-0.2, -0.15) is 0 Å². The quantitative estimate of drug-likeness (QED) is 0.733. The number of nitrogens with one attached hydrogen (secondary N) is 1. The van der Waals surface area contributed by atoms with Gasteiger partial charge < -0.3 is 10.1 Å². The standard InChI is InChI=1S/C19H22N2O/c1-3-14-12-21-10-8-16-15-6-4-5-7-17(15)20-18(16)13(2)19(14,22)9-11-21/h3-7,20,22H,2,8-12H2,1H3/b14-3-/t19-/m1/s1. The van der Waals surface area contributed by atoms with Crippen LogP contribution in [-0.4, -0.2) is 40.2 Å². The Balaban J connectivity index is 1.96. The molecule has 2 atom stereocenters. The molecule has 3 heteroatoms. The Morgan fingerprint density at radius 1 is 1.32 bits per heavy atom. The smallest absolute Gasteiger partial charge is 0.114 e. The number of nitrogens with zero attached hydrogens (tertiary/aromatic N) is 1. The lowest BCUT2D eigenvalue weighted by Gasteiger charge is -2.40. The minimum atomic E-state index is -0.911. The fourth-order valence-electron chi connectivity index (χ4n) is 3.99. The van der Waals surface area contributed by atoms with Crippen LogP contribution in [0.3, 0.4) is 0 Å². The Morgan fingerprint density at radius 2 is 2.14 bits per heavy atom. The number of aromatic nitrogens is 1. The highest BCUT2D eigenvalue weighted by atomic mass is 16.3. The summed E-state index contributed by atoms with van der Waals surface area (Å²) in [6, 6.07) is 8.38. The van der Waals surface area contributed by atoms with Crippen molar-refractivity contribution < 1.29 is 5.11 Å². The van der Waals surface area contributed by atoms with Gasteiger partial charge in [0.15, 0.2) is 0 Å². The number of hydrogen-bond acceptors (Lipinski definition) is 2. The Bertz CT molecular complexity index is 786. The van der Waals surface area contributed by atoms with E-state index >= 15 is 0 Å². The highest BCUT2D eigenvalue weighted by Gasteiger charge is 2.41. The van der Waals surface area contributed by atoms with Gasteiger partial charge >= 0.3 is 0 Å². The molecule has 0 saturated carbocycles. The number of aliphatic hydroxyl groups is 1. The van der Waals surface area contributed by atoms with Crippen molar-refractivity contribution in [1.29, 1.82) is 0 Å². The van der Waals surface area contributed by atoms with E-state index in [0.717, 1.165) is 54.8 Å². The number of rotatable bonds is 0. The lowest BCUT2D eigenvalue weighted by atomic mass is 9.79. The van der Waals surface area contributed by atoms with E-state index in [4.69, 9.17) is 0 Å². The molecule has 114 valence electrons. The van der Waals surface area contributed by atoms with E-state index in [9.17, 15) is 5.11 Å². The zero-order chi connectivity index (χ0) is 15.3. The van der Waals surface area contributed by atoms with Gasteiger partial charge in [-0.05, 0) is 37.0 Å². The van der Waals surface area contributed by atoms with Crippen LogP contribution in [-0.2, 0) is 6.42 Å².